The minimum atomic E-state index is -4.45. The quantitative estimate of drug-likeness (QED) is 0.411. The second-order valence-electron chi connectivity index (χ2n) is 5.22. The first kappa shape index (κ1) is 19.6. The van der Waals surface area contributed by atoms with Crippen LogP contribution in [0.3, 0.4) is 0 Å². The van der Waals surface area contributed by atoms with Crippen LogP contribution in [0, 0.1) is 0 Å². The summed E-state index contributed by atoms with van der Waals surface area (Å²) in [5.74, 6) is -0.877. The van der Waals surface area contributed by atoms with Gasteiger partial charge in [-0.05, 0) is 35.9 Å². The van der Waals surface area contributed by atoms with Gasteiger partial charge in [-0.15, -0.1) is 0 Å². The molecular formula is C16H14NNaO6S. The molecule has 0 aliphatic carbocycles. The minimum absolute atomic E-state index is 0. The number of ether oxygens (including phenoxy) is 1. The Balaban J connectivity index is 0.00000169. The van der Waals surface area contributed by atoms with Crippen molar-refractivity contribution in [1.29, 1.82) is 0 Å². The molecule has 7 nitrogen and oxygen atoms in total. The summed E-state index contributed by atoms with van der Waals surface area (Å²) in [6.45, 7) is 0.160. The van der Waals surface area contributed by atoms with E-state index in [1.54, 1.807) is 31.4 Å². The van der Waals surface area contributed by atoms with E-state index in [0.29, 0.717) is 11.4 Å². The number of benzene rings is 2. The van der Waals surface area contributed by atoms with E-state index in [2.05, 4.69) is 0 Å². The van der Waals surface area contributed by atoms with Crippen molar-refractivity contribution in [2.45, 2.75) is 11.4 Å². The van der Waals surface area contributed by atoms with Crippen LogP contribution in [-0.2, 0) is 21.5 Å². The van der Waals surface area contributed by atoms with Crippen molar-refractivity contribution in [2.75, 3.05) is 12.0 Å². The molecule has 9 heteroatoms. The van der Waals surface area contributed by atoms with Gasteiger partial charge in [-0.3, -0.25) is 14.1 Å². The first-order chi connectivity index (χ1) is 11.3. The average Bonchev–Trinajstić information content (AvgIpc) is 2.79. The fourth-order valence-electron chi connectivity index (χ4n) is 2.51. The number of Topliss-reactive ketones (excluding diaryl/α,β-unsaturated/α-hetero) is 1. The van der Waals surface area contributed by atoms with Gasteiger partial charge in [0.25, 0.3) is 21.8 Å². The van der Waals surface area contributed by atoms with Crippen LogP contribution in [0.15, 0.2) is 47.4 Å². The summed E-state index contributed by atoms with van der Waals surface area (Å²) in [5, 5.41) is 0. The van der Waals surface area contributed by atoms with Crippen LogP contribution in [-0.4, -0.2) is 31.8 Å². The van der Waals surface area contributed by atoms with Gasteiger partial charge in [0.05, 0.1) is 29.8 Å². The Morgan fingerprint density at radius 2 is 1.76 bits per heavy atom. The molecular weight excluding hydrogens is 357 g/mol. The van der Waals surface area contributed by atoms with Crippen LogP contribution in [0.4, 0.5) is 5.69 Å². The van der Waals surface area contributed by atoms with E-state index in [9.17, 15) is 18.0 Å². The Morgan fingerprint density at radius 1 is 1.12 bits per heavy atom. The van der Waals surface area contributed by atoms with E-state index in [4.69, 9.17) is 9.29 Å². The van der Waals surface area contributed by atoms with Crippen LogP contribution in [0.1, 0.15) is 17.3 Å². The maximum atomic E-state index is 12.2. The van der Waals surface area contributed by atoms with Gasteiger partial charge in [0.15, 0.2) is 0 Å². The van der Waals surface area contributed by atoms with E-state index >= 15 is 0 Å². The molecule has 1 amide bonds. The second kappa shape index (κ2) is 7.27. The average molecular weight is 371 g/mol. The monoisotopic (exact) mass is 371 g/mol. The predicted octanol–water partition coefficient (Wildman–Crippen LogP) is -1.21. The SMILES string of the molecule is COc1ccc(CN2C(=O)C(=O)c3cc(S(=O)(=O)O)ccc32)cc1.[H-].[Na+]. The predicted molar refractivity (Wildman–Crippen MR) is 85.9 cm³/mol. The smallest absolute Gasteiger partial charge is 1.00 e. The topological polar surface area (TPSA) is 101 Å². The summed E-state index contributed by atoms with van der Waals surface area (Å²) in [6.07, 6.45) is 0. The Labute approximate surface area is 168 Å². The van der Waals surface area contributed by atoms with Gasteiger partial charge >= 0.3 is 29.6 Å². The van der Waals surface area contributed by atoms with Crippen molar-refractivity contribution in [3.63, 3.8) is 0 Å². The van der Waals surface area contributed by atoms with E-state index in [-0.39, 0.29) is 43.1 Å². The zero-order chi connectivity index (χ0) is 17.5. The van der Waals surface area contributed by atoms with Gasteiger partial charge in [0.1, 0.15) is 5.75 Å². The number of fused-ring (bicyclic) bond motifs is 1. The van der Waals surface area contributed by atoms with Crippen LogP contribution in [0.5, 0.6) is 5.75 Å². The zero-order valence-electron chi connectivity index (χ0n) is 14.6. The van der Waals surface area contributed by atoms with Crippen LogP contribution in [0.2, 0.25) is 0 Å². The molecule has 0 fully saturated rings. The van der Waals surface area contributed by atoms with Crippen molar-refractivity contribution in [3.05, 3.63) is 53.6 Å². The molecule has 25 heavy (non-hydrogen) atoms. The molecule has 0 saturated heterocycles. The summed E-state index contributed by atoms with van der Waals surface area (Å²) >= 11 is 0. The van der Waals surface area contributed by atoms with Gasteiger partial charge in [-0.25, -0.2) is 0 Å². The molecule has 0 spiro atoms. The minimum Gasteiger partial charge on any atom is -1.00 e. The summed E-state index contributed by atoms with van der Waals surface area (Å²) in [4.78, 5) is 25.1. The zero-order valence-corrected chi connectivity index (χ0v) is 16.4. The second-order valence-corrected chi connectivity index (χ2v) is 6.64. The molecule has 0 radical (unpaired) electrons. The van der Waals surface area contributed by atoms with Crippen molar-refractivity contribution in [2.24, 2.45) is 0 Å². The molecule has 1 N–H and O–H groups in total. The van der Waals surface area contributed by atoms with Crippen LogP contribution >= 0.6 is 0 Å². The Bertz CT molecular complexity index is 946. The number of anilines is 1. The third kappa shape index (κ3) is 3.78. The van der Waals surface area contributed by atoms with Gasteiger partial charge in [-0.1, -0.05) is 12.1 Å². The molecule has 3 rings (SSSR count). The van der Waals surface area contributed by atoms with Crippen molar-refractivity contribution in [1.82, 2.24) is 0 Å². The van der Waals surface area contributed by atoms with Crippen molar-refractivity contribution < 1.29 is 58.3 Å². The number of methoxy groups -OCH3 is 1. The van der Waals surface area contributed by atoms with Gasteiger partial charge in [0, 0.05) is 0 Å². The van der Waals surface area contributed by atoms with Gasteiger partial charge in [0.2, 0.25) is 0 Å². The van der Waals surface area contributed by atoms with Crippen molar-refractivity contribution in [3.8, 4) is 5.75 Å². The maximum absolute atomic E-state index is 12.2. The molecule has 0 bridgehead atoms. The molecule has 0 saturated carbocycles. The molecule has 1 heterocycles. The summed E-state index contributed by atoms with van der Waals surface area (Å²) in [7, 11) is -2.90. The molecule has 1 aliphatic heterocycles. The summed E-state index contributed by atoms with van der Waals surface area (Å²) < 4.78 is 36.5. The largest absolute Gasteiger partial charge is 1.00 e. The molecule has 0 aromatic heterocycles. The number of amides is 1. The molecule has 1 aliphatic rings. The first-order valence-corrected chi connectivity index (χ1v) is 8.36. The molecule has 0 unspecified atom stereocenters. The van der Waals surface area contributed by atoms with Gasteiger partial charge < -0.3 is 11.1 Å². The number of hydrogen-bond acceptors (Lipinski definition) is 5. The Kier molecular flexibility index (Phi) is 5.70. The number of hydrogen-bond donors (Lipinski definition) is 1. The first-order valence-electron chi connectivity index (χ1n) is 6.92. The number of nitrogens with zero attached hydrogens (tertiary/aromatic N) is 1. The third-order valence-electron chi connectivity index (χ3n) is 3.74. The molecule has 2 aromatic carbocycles. The Morgan fingerprint density at radius 3 is 2.32 bits per heavy atom. The van der Waals surface area contributed by atoms with E-state index in [1.807, 2.05) is 0 Å². The fourth-order valence-corrected chi connectivity index (χ4v) is 3.02. The van der Waals surface area contributed by atoms with E-state index in [0.717, 1.165) is 17.7 Å². The number of carbonyl (C=O) groups is 2. The van der Waals surface area contributed by atoms with Crippen LogP contribution in [0.25, 0.3) is 0 Å². The van der Waals surface area contributed by atoms with E-state index in [1.165, 1.54) is 11.0 Å². The van der Waals surface area contributed by atoms with E-state index < -0.39 is 26.7 Å². The summed E-state index contributed by atoms with van der Waals surface area (Å²) in [6, 6.07) is 10.5. The Hall–Kier alpha value is -1.71. The van der Waals surface area contributed by atoms with Crippen LogP contribution < -0.4 is 39.2 Å². The summed E-state index contributed by atoms with van der Waals surface area (Å²) in [5.41, 5.74) is 1.06. The molecule has 0 atom stereocenters. The fraction of sp³-hybridized carbons (Fsp3) is 0.125. The molecule has 2 aromatic rings. The number of carbonyl (C=O) groups excluding carboxylic acids is 2. The maximum Gasteiger partial charge on any atom is 1.00 e. The van der Waals surface area contributed by atoms with Gasteiger partial charge in [-0.2, -0.15) is 8.42 Å². The number of ketones is 1. The normalized spacial score (nSPS) is 13.4. The number of rotatable bonds is 4. The third-order valence-corrected chi connectivity index (χ3v) is 4.59. The van der Waals surface area contributed by atoms with Crippen molar-refractivity contribution >= 4 is 27.5 Å². The standard InChI is InChI=1S/C16H13NO6S.Na.H/c1-23-11-4-2-10(3-5-11)9-17-14-7-6-12(24(20,21)22)8-13(14)15(18)16(17)19;;/h2-8H,9H2,1H3,(H,20,21,22);;/q;+1;-1. The molecule has 126 valence electrons.